The first-order valence-corrected chi connectivity index (χ1v) is 11.4. The number of rotatable bonds is 8. The van der Waals surface area contributed by atoms with Crippen molar-refractivity contribution in [2.24, 2.45) is 0 Å². The molecule has 2 bridgehead atoms. The van der Waals surface area contributed by atoms with Crippen LogP contribution in [0.5, 0.6) is 11.5 Å². The summed E-state index contributed by atoms with van der Waals surface area (Å²) >= 11 is 0. The largest absolute Gasteiger partial charge is 0.573 e. The third-order valence-corrected chi connectivity index (χ3v) is 6.80. The zero-order chi connectivity index (χ0) is 26.0. The molecular formula is C24H26F3N3O6. The van der Waals surface area contributed by atoms with Gasteiger partial charge in [-0.1, -0.05) is 0 Å². The summed E-state index contributed by atoms with van der Waals surface area (Å²) in [6.07, 6.45) is -2.04. The van der Waals surface area contributed by atoms with Crippen molar-refractivity contribution in [2.75, 3.05) is 6.61 Å². The Morgan fingerprint density at radius 2 is 1.72 bits per heavy atom. The molecule has 3 fully saturated rings. The molecule has 3 aliphatic rings. The third kappa shape index (κ3) is 5.71. The minimum atomic E-state index is -4.80. The van der Waals surface area contributed by atoms with E-state index < -0.39 is 35.2 Å². The lowest BCUT2D eigenvalue weighted by atomic mass is 9.60. The van der Waals surface area contributed by atoms with E-state index in [0.29, 0.717) is 25.7 Å². The van der Waals surface area contributed by atoms with Crippen LogP contribution in [0.3, 0.4) is 0 Å². The Bertz CT molecular complexity index is 1100. The maximum atomic E-state index is 12.9. The van der Waals surface area contributed by atoms with E-state index in [9.17, 15) is 33.0 Å². The van der Waals surface area contributed by atoms with Crippen LogP contribution in [0.15, 0.2) is 42.6 Å². The number of nitrogens with one attached hydrogen (secondary N) is 2. The molecule has 0 saturated heterocycles. The van der Waals surface area contributed by atoms with Gasteiger partial charge in [0.25, 0.3) is 11.8 Å². The molecule has 4 N–H and O–H groups in total. The van der Waals surface area contributed by atoms with Gasteiger partial charge < -0.3 is 30.3 Å². The highest BCUT2D eigenvalue weighted by molar-refractivity contribution is 5.95. The number of amides is 2. The topological polar surface area (TPSA) is 130 Å². The summed E-state index contributed by atoms with van der Waals surface area (Å²) in [7, 11) is 0. The molecule has 2 aromatic rings. The van der Waals surface area contributed by atoms with E-state index in [1.807, 2.05) is 0 Å². The van der Waals surface area contributed by atoms with Gasteiger partial charge in [0.15, 0.2) is 6.61 Å². The number of alkyl halides is 3. The summed E-state index contributed by atoms with van der Waals surface area (Å²) in [5.41, 5.74) is -0.957. The van der Waals surface area contributed by atoms with E-state index in [-0.39, 0.29) is 42.5 Å². The van der Waals surface area contributed by atoms with E-state index in [1.54, 1.807) is 12.1 Å². The van der Waals surface area contributed by atoms with E-state index >= 15 is 0 Å². The van der Waals surface area contributed by atoms with Crippen molar-refractivity contribution < 1.29 is 42.4 Å². The van der Waals surface area contributed by atoms with Gasteiger partial charge in [0, 0.05) is 11.7 Å². The second-order valence-electron chi connectivity index (χ2n) is 9.12. The van der Waals surface area contributed by atoms with Gasteiger partial charge in [-0.3, -0.25) is 14.6 Å². The zero-order valence-electron chi connectivity index (χ0n) is 19.2. The van der Waals surface area contributed by atoms with Gasteiger partial charge in [0.05, 0.1) is 29.5 Å². The van der Waals surface area contributed by atoms with Gasteiger partial charge in [-0.25, -0.2) is 0 Å². The van der Waals surface area contributed by atoms with Gasteiger partial charge in [0.1, 0.15) is 11.5 Å². The highest BCUT2D eigenvalue weighted by Gasteiger charge is 2.55. The molecule has 2 amide bonds. The molecule has 36 heavy (non-hydrogen) atoms. The molecule has 0 spiro atoms. The summed E-state index contributed by atoms with van der Waals surface area (Å²) in [6.45, 7) is -0.761. The fourth-order valence-corrected chi connectivity index (χ4v) is 4.94. The minimum absolute atomic E-state index is 0.185. The fourth-order valence-electron chi connectivity index (χ4n) is 4.94. The number of hydrogen-bond donors (Lipinski definition) is 4. The SMILES string of the molecule is O=C(COc1ccc(OC(F)(F)F)cc1)NC12CCC(NC(=O)c3cccnc3CO)(CC1)C[C@@H]2O. The fraction of sp³-hybridized carbons (Fsp3) is 0.458. The predicted octanol–water partition coefficient (Wildman–Crippen LogP) is 2.21. The minimum Gasteiger partial charge on any atom is -0.484 e. The van der Waals surface area contributed by atoms with Crippen molar-refractivity contribution in [1.82, 2.24) is 15.6 Å². The number of carbonyl (C=O) groups excluding carboxylic acids is 2. The Kier molecular flexibility index (Phi) is 7.10. The van der Waals surface area contributed by atoms with Gasteiger partial charge >= 0.3 is 6.36 Å². The standard InChI is InChI=1S/C24H26F3N3O6/c25-24(26,27)36-16-5-3-15(4-6-16)35-14-20(33)29-23-9-7-22(8-10-23,12-19(23)32)30-21(34)17-2-1-11-28-18(17)13-31/h1-6,11,19,31-32H,7-10,12-14H2,(H,29,33)(H,30,34)/t19-,22?,23?/m0/s1. The van der Waals surface area contributed by atoms with E-state index in [4.69, 9.17) is 4.74 Å². The van der Waals surface area contributed by atoms with Crippen molar-refractivity contribution in [1.29, 1.82) is 0 Å². The average molecular weight is 509 g/mol. The summed E-state index contributed by atoms with van der Waals surface area (Å²) in [6, 6.07) is 7.85. The molecule has 9 nitrogen and oxygen atoms in total. The Balaban J connectivity index is 1.31. The Labute approximate surface area is 204 Å². The van der Waals surface area contributed by atoms with Crippen LogP contribution >= 0.6 is 0 Å². The normalized spacial score (nSPS) is 25.2. The van der Waals surface area contributed by atoms with Crippen LogP contribution in [-0.4, -0.2) is 57.2 Å². The molecule has 0 unspecified atom stereocenters. The Hall–Kier alpha value is -3.38. The molecule has 0 radical (unpaired) electrons. The molecule has 0 aliphatic heterocycles. The predicted molar refractivity (Wildman–Crippen MR) is 119 cm³/mol. The van der Waals surface area contributed by atoms with Crippen LogP contribution < -0.4 is 20.1 Å². The molecule has 194 valence electrons. The first kappa shape index (κ1) is 25.7. The van der Waals surface area contributed by atoms with E-state index in [1.165, 1.54) is 18.3 Å². The van der Waals surface area contributed by atoms with Crippen molar-refractivity contribution in [3.8, 4) is 11.5 Å². The number of aliphatic hydroxyl groups excluding tert-OH is 2. The number of nitrogens with zero attached hydrogens (tertiary/aromatic N) is 1. The molecule has 5 rings (SSSR count). The zero-order valence-corrected chi connectivity index (χ0v) is 19.2. The first-order chi connectivity index (χ1) is 17.0. The number of halogens is 3. The van der Waals surface area contributed by atoms with Crippen molar-refractivity contribution in [2.45, 2.75) is 62.3 Å². The lowest BCUT2D eigenvalue weighted by Gasteiger charge is -2.56. The number of benzene rings is 1. The van der Waals surface area contributed by atoms with Crippen LogP contribution in [0.2, 0.25) is 0 Å². The number of aromatic nitrogens is 1. The molecule has 12 heteroatoms. The lowest BCUT2D eigenvalue weighted by Crippen LogP contribution is -2.70. The van der Waals surface area contributed by atoms with Gasteiger partial charge in [-0.2, -0.15) is 0 Å². The number of aliphatic hydroxyl groups is 2. The number of hydrogen-bond acceptors (Lipinski definition) is 7. The molecule has 1 atom stereocenters. The summed E-state index contributed by atoms with van der Waals surface area (Å²) in [5.74, 6) is -1.08. The van der Waals surface area contributed by atoms with Gasteiger partial charge in [-0.05, 0) is 68.5 Å². The van der Waals surface area contributed by atoms with Crippen LogP contribution in [-0.2, 0) is 11.4 Å². The monoisotopic (exact) mass is 509 g/mol. The Morgan fingerprint density at radius 1 is 1.06 bits per heavy atom. The number of pyridine rings is 1. The maximum Gasteiger partial charge on any atom is 0.573 e. The molecular weight excluding hydrogens is 483 g/mol. The van der Waals surface area contributed by atoms with Crippen LogP contribution in [0, 0.1) is 0 Å². The van der Waals surface area contributed by atoms with Crippen LogP contribution in [0.1, 0.15) is 48.2 Å². The highest BCUT2D eigenvalue weighted by Crippen LogP contribution is 2.47. The van der Waals surface area contributed by atoms with Crippen molar-refractivity contribution >= 4 is 11.8 Å². The van der Waals surface area contributed by atoms with Crippen LogP contribution in [0.25, 0.3) is 0 Å². The molecule has 1 aromatic carbocycles. The summed E-state index contributed by atoms with van der Waals surface area (Å²) < 4.78 is 45.9. The molecule has 3 aliphatic carbocycles. The van der Waals surface area contributed by atoms with Gasteiger partial charge in [0.2, 0.25) is 0 Å². The average Bonchev–Trinajstić information content (AvgIpc) is 2.83. The molecule has 1 heterocycles. The van der Waals surface area contributed by atoms with Crippen LogP contribution in [0.4, 0.5) is 13.2 Å². The van der Waals surface area contributed by atoms with Crippen molar-refractivity contribution in [3.63, 3.8) is 0 Å². The maximum absolute atomic E-state index is 12.9. The Morgan fingerprint density at radius 3 is 2.33 bits per heavy atom. The van der Waals surface area contributed by atoms with E-state index in [0.717, 1.165) is 12.1 Å². The summed E-state index contributed by atoms with van der Waals surface area (Å²) in [5, 5.41) is 26.2. The highest BCUT2D eigenvalue weighted by atomic mass is 19.4. The summed E-state index contributed by atoms with van der Waals surface area (Å²) in [4.78, 5) is 29.4. The quantitative estimate of drug-likeness (QED) is 0.429. The lowest BCUT2D eigenvalue weighted by molar-refractivity contribution is -0.274. The first-order valence-electron chi connectivity index (χ1n) is 11.4. The second-order valence-corrected chi connectivity index (χ2v) is 9.12. The number of ether oxygens (including phenoxy) is 2. The van der Waals surface area contributed by atoms with Crippen molar-refractivity contribution in [3.05, 3.63) is 53.9 Å². The smallest absolute Gasteiger partial charge is 0.484 e. The number of fused-ring (bicyclic) bond motifs is 3. The molecule has 3 saturated carbocycles. The molecule has 1 aromatic heterocycles. The van der Waals surface area contributed by atoms with E-state index in [2.05, 4.69) is 20.4 Å². The van der Waals surface area contributed by atoms with Gasteiger partial charge in [-0.15, -0.1) is 13.2 Å². The number of carbonyl (C=O) groups is 2. The second kappa shape index (κ2) is 9.94. The third-order valence-electron chi connectivity index (χ3n) is 6.80.